The average Bonchev–Trinajstić information content (AvgIpc) is 3.03. The predicted molar refractivity (Wildman–Crippen MR) is 83.4 cm³/mol. The molecular formula is C16H24N2O2S. The van der Waals surface area contributed by atoms with Crippen LogP contribution in [0.4, 0.5) is 0 Å². The van der Waals surface area contributed by atoms with E-state index < -0.39 is 0 Å². The summed E-state index contributed by atoms with van der Waals surface area (Å²) < 4.78 is 5.58. The third-order valence-corrected chi connectivity index (χ3v) is 5.87. The van der Waals surface area contributed by atoms with Gasteiger partial charge in [0.25, 0.3) is 0 Å². The normalized spacial score (nSPS) is 26.0. The first-order chi connectivity index (χ1) is 10.1. The fourth-order valence-electron chi connectivity index (χ4n) is 3.35. The highest BCUT2D eigenvalue weighted by atomic mass is 32.1. The summed E-state index contributed by atoms with van der Waals surface area (Å²) in [5, 5.41) is 1.20. The molecule has 0 unspecified atom stereocenters. The van der Waals surface area contributed by atoms with Crippen molar-refractivity contribution in [3.05, 3.63) is 15.6 Å². The standard InChI is InChI=1S/C16H24N2O2S/c1-3-4-14-17-12(2)13(21-14)9-18-10-16(6-5-15(18)19)7-8-20-11-16/h3-11H2,1-2H3/t16-/m0/s1. The molecule has 0 radical (unpaired) electrons. The van der Waals surface area contributed by atoms with Gasteiger partial charge in [0.05, 0.1) is 23.9 Å². The van der Waals surface area contributed by atoms with Crippen molar-refractivity contribution >= 4 is 17.2 Å². The number of amides is 1. The van der Waals surface area contributed by atoms with Crippen LogP contribution < -0.4 is 0 Å². The lowest BCUT2D eigenvalue weighted by Crippen LogP contribution is -2.46. The van der Waals surface area contributed by atoms with Crippen molar-refractivity contribution in [3.8, 4) is 0 Å². The summed E-state index contributed by atoms with van der Waals surface area (Å²) in [5.41, 5.74) is 1.32. The van der Waals surface area contributed by atoms with Crippen LogP contribution in [0, 0.1) is 12.3 Å². The highest BCUT2D eigenvalue weighted by Crippen LogP contribution is 2.38. The van der Waals surface area contributed by atoms with E-state index in [9.17, 15) is 4.79 Å². The molecular weight excluding hydrogens is 284 g/mol. The quantitative estimate of drug-likeness (QED) is 0.859. The predicted octanol–water partition coefficient (Wildman–Crippen LogP) is 2.93. The maximum Gasteiger partial charge on any atom is 0.222 e. The van der Waals surface area contributed by atoms with Gasteiger partial charge >= 0.3 is 0 Å². The fraction of sp³-hybridized carbons (Fsp3) is 0.750. The Kier molecular flexibility index (Phi) is 4.31. The number of likely N-dealkylation sites (tertiary alicyclic amines) is 1. The van der Waals surface area contributed by atoms with Gasteiger partial charge in [-0.2, -0.15) is 0 Å². The molecule has 0 saturated carbocycles. The fourth-order valence-corrected chi connectivity index (χ4v) is 4.53. The van der Waals surface area contributed by atoms with Crippen LogP contribution in [0.2, 0.25) is 0 Å². The van der Waals surface area contributed by atoms with Crippen LogP contribution >= 0.6 is 11.3 Å². The molecule has 0 bridgehead atoms. The van der Waals surface area contributed by atoms with E-state index in [1.54, 1.807) is 11.3 Å². The van der Waals surface area contributed by atoms with E-state index in [0.717, 1.165) is 57.7 Å². The summed E-state index contributed by atoms with van der Waals surface area (Å²) in [6.07, 6.45) is 4.92. The van der Waals surface area contributed by atoms with E-state index >= 15 is 0 Å². The highest BCUT2D eigenvalue weighted by Gasteiger charge is 2.41. The van der Waals surface area contributed by atoms with Gasteiger partial charge in [0, 0.05) is 29.9 Å². The van der Waals surface area contributed by atoms with E-state index in [2.05, 4.69) is 18.8 Å². The summed E-state index contributed by atoms with van der Waals surface area (Å²) in [4.78, 5) is 20.2. The minimum absolute atomic E-state index is 0.221. The Balaban J connectivity index is 1.71. The minimum atomic E-state index is 0.221. The Labute approximate surface area is 130 Å². The number of aryl methyl sites for hydroxylation is 2. The first-order valence-electron chi connectivity index (χ1n) is 7.92. The SMILES string of the molecule is CCCc1nc(C)c(CN2C[C@@]3(CCOC3)CCC2=O)s1. The van der Waals surface area contributed by atoms with Crippen molar-refractivity contribution in [1.82, 2.24) is 9.88 Å². The van der Waals surface area contributed by atoms with E-state index in [1.165, 1.54) is 9.88 Å². The second-order valence-corrected chi connectivity index (χ2v) is 7.59. The van der Waals surface area contributed by atoms with Gasteiger partial charge in [-0.15, -0.1) is 11.3 Å². The van der Waals surface area contributed by atoms with Crippen molar-refractivity contribution in [2.45, 2.75) is 52.5 Å². The maximum atomic E-state index is 12.3. The summed E-state index contributed by atoms with van der Waals surface area (Å²) in [6, 6.07) is 0. The minimum Gasteiger partial charge on any atom is -0.381 e. The van der Waals surface area contributed by atoms with Gasteiger partial charge in [-0.1, -0.05) is 6.92 Å². The summed E-state index contributed by atoms with van der Waals surface area (Å²) in [6.45, 7) is 7.49. The topological polar surface area (TPSA) is 42.4 Å². The molecule has 21 heavy (non-hydrogen) atoms. The van der Waals surface area contributed by atoms with Crippen LogP contribution in [0.25, 0.3) is 0 Å². The number of rotatable bonds is 4. The van der Waals surface area contributed by atoms with Crippen LogP contribution in [0.1, 0.15) is 48.2 Å². The van der Waals surface area contributed by atoms with Gasteiger partial charge in [-0.3, -0.25) is 4.79 Å². The molecule has 2 aliphatic heterocycles. The second-order valence-electron chi connectivity index (χ2n) is 6.42. The molecule has 4 nitrogen and oxygen atoms in total. The largest absolute Gasteiger partial charge is 0.381 e. The first kappa shape index (κ1) is 15.0. The number of thiazole rings is 1. The zero-order valence-corrected chi connectivity index (χ0v) is 13.8. The lowest BCUT2D eigenvalue weighted by molar-refractivity contribution is -0.138. The van der Waals surface area contributed by atoms with Crippen LogP contribution in [0.3, 0.4) is 0 Å². The molecule has 0 aliphatic carbocycles. The van der Waals surface area contributed by atoms with Crippen molar-refractivity contribution in [1.29, 1.82) is 0 Å². The van der Waals surface area contributed by atoms with E-state index in [1.807, 2.05) is 4.90 Å². The second kappa shape index (κ2) is 6.05. The average molecular weight is 308 g/mol. The monoisotopic (exact) mass is 308 g/mol. The molecule has 1 aromatic rings. The molecule has 5 heteroatoms. The van der Waals surface area contributed by atoms with Gasteiger partial charge < -0.3 is 9.64 Å². The molecule has 1 amide bonds. The number of aromatic nitrogens is 1. The highest BCUT2D eigenvalue weighted by molar-refractivity contribution is 7.11. The number of ether oxygens (including phenoxy) is 1. The molecule has 0 aromatic carbocycles. The Hall–Kier alpha value is -0.940. The van der Waals surface area contributed by atoms with Crippen molar-refractivity contribution < 1.29 is 9.53 Å². The first-order valence-corrected chi connectivity index (χ1v) is 8.74. The lowest BCUT2D eigenvalue weighted by Gasteiger charge is -2.39. The number of hydrogen-bond acceptors (Lipinski definition) is 4. The lowest BCUT2D eigenvalue weighted by atomic mass is 9.79. The van der Waals surface area contributed by atoms with E-state index in [0.29, 0.717) is 6.42 Å². The molecule has 2 saturated heterocycles. The summed E-state index contributed by atoms with van der Waals surface area (Å²) >= 11 is 1.77. The summed E-state index contributed by atoms with van der Waals surface area (Å²) in [7, 11) is 0. The maximum absolute atomic E-state index is 12.3. The summed E-state index contributed by atoms with van der Waals surface area (Å²) in [5.74, 6) is 0.289. The zero-order valence-electron chi connectivity index (χ0n) is 13.0. The van der Waals surface area contributed by atoms with Gasteiger partial charge in [-0.25, -0.2) is 4.98 Å². The number of hydrogen-bond donors (Lipinski definition) is 0. The van der Waals surface area contributed by atoms with Crippen LogP contribution in [-0.4, -0.2) is 35.5 Å². The molecule has 0 N–H and O–H groups in total. The van der Waals surface area contributed by atoms with E-state index in [4.69, 9.17) is 4.74 Å². The molecule has 2 fully saturated rings. The Morgan fingerprint density at radius 3 is 3.00 bits per heavy atom. The third-order valence-electron chi connectivity index (χ3n) is 4.67. The number of nitrogens with zero attached hydrogens (tertiary/aromatic N) is 2. The van der Waals surface area contributed by atoms with Crippen molar-refractivity contribution in [2.75, 3.05) is 19.8 Å². The van der Waals surface area contributed by atoms with Crippen molar-refractivity contribution in [2.24, 2.45) is 5.41 Å². The van der Waals surface area contributed by atoms with E-state index in [-0.39, 0.29) is 11.3 Å². The van der Waals surface area contributed by atoms with Crippen LogP contribution in [0.5, 0.6) is 0 Å². The molecule has 3 heterocycles. The zero-order chi connectivity index (χ0) is 14.9. The molecule has 1 spiro atoms. The molecule has 2 aliphatic rings. The molecule has 3 rings (SSSR count). The number of piperidine rings is 1. The van der Waals surface area contributed by atoms with Gasteiger partial charge in [0.2, 0.25) is 5.91 Å². The Bertz CT molecular complexity index is 520. The van der Waals surface area contributed by atoms with Crippen molar-refractivity contribution in [3.63, 3.8) is 0 Å². The third kappa shape index (κ3) is 3.14. The molecule has 1 aromatic heterocycles. The Morgan fingerprint density at radius 1 is 1.43 bits per heavy atom. The Morgan fingerprint density at radius 2 is 2.29 bits per heavy atom. The van der Waals surface area contributed by atoms with Gasteiger partial charge in [0.15, 0.2) is 0 Å². The molecule has 1 atom stereocenters. The smallest absolute Gasteiger partial charge is 0.222 e. The van der Waals surface area contributed by atoms with Gasteiger partial charge in [0.1, 0.15) is 0 Å². The van der Waals surface area contributed by atoms with Crippen LogP contribution in [0.15, 0.2) is 0 Å². The number of carbonyl (C=O) groups excluding carboxylic acids is 1. The molecule has 116 valence electrons. The number of carbonyl (C=O) groups is 1. The van der Waals surface area contributed by atoms with Gasteiger partial charge in [-0.05, 0) is 32.6 Å². The van der Waals surface area contributed by atoms with Crippen LogP contribution in [-0.2, 0) is 22.5 Å².